The number of sulfonamides is 1. The molecule has 4 nitrogen and oxygen atoms in total. The molecule has 0 unspecified atom stereocenters. The van der Waals surface area contributed by atoms with Gasteiger partial charge in [-0.05, 0) is 56.2 Å². The van der Waals surface area contributed by atoms with Gasteiger partial charge in [-0.25, -0.2) is 12.7 Å². The van der Waals surface area contributed by atoms with Crippen molar-refractivity contribution in [3.8, 4) is 0 Å². The number of carbonyl (C=O) groups excluding carboxylic acids is 1. The van der Waals surface area contributed by atoms with Crippen molar-refractivity contribution in [2.45, 2.75) is 38.0 Å². The maximum atomic E-state index is 13.9. The number of Topliss-reactive ketones (excluding diaryl/α,β-unsaturated/α-hetero) is 1. The van der Waals surface area contributed by atoms with E-state index in [1.807, 2.05) is 68.5 Å². The molecule has 0 bridgehead atoms. The largest absolute Gasteiger partial charge is 0.300 e. The van der Waals surface area contributed by atoms with E-state index in [0.29, 0.717) is 17.8 Å². The summed E-state index contributed by atoms with van der Waals surface area (Å²) in [5.41, 5.74) is 4.84. The molecule has 0 aromatic heterocycles. The van der Waals surface area contributed by atoms with Crippen LogP contribution in [0.3, 0.4) is 0 Å². The van der Waals surface area contributed by atoms with Gasteiger partial charge in [0.1, 0.15) is 5.78 Å². The molecular formula is C26H25NO3S. The van der Waals surface area contributed by atoms with E-state index in [0.717, 1.165) is 22.3 Å². The number of benzene rings is 3. The van der Waals surface area contributed by atoms with Crippen molar-refractivity contribution >= 4 is 27.2 Å². The highest BCUT2D eigenvalue weighted by Crippen LogP contribution is 2.44. The van der Waals surface area contributed by atoms with Gasteiger partial charge in [-0.3, -0.25) is 4.79 Å². The number of fused-ring (bicyclic) bond motifs is 1. The van der Waals surface area contributed by atoms with Crippen LogP contribution in [0.1, 0.15) is 41.5 Å². The summed E-state index contributed by atoms with van der Waals surface area (Å²) < 4.78 is 29.2. The van der Waals surface area contributed by atoms with Crippen molar-refractivity contribution in [2.24, 2.45) is 0 Å². The van der Waals surface area contributed by atoms with Crippen LogP contribution in [-0.4, -0.2) is 14.2 Å². The zero-order valence-electron chi connectivity index (χ0n) is 17.9. The van der Waals surface area contributed by atoms with E-state index in [1.54, 1.807) is 31.2 Å². The summed E-state index contributed by atoms with van der Waals surface area (Å²) in [6.07, 6.45) is 2.25. The fourth-order valence-corrected chi connectivity index (χ4v) is 5.58. The van der Waals surface area contributed by atoms with Gasteiger partial charge in [0.05, 0.1) is 16.3 Å². The van der Waals surface area contributed by atoms with Crippen LogP contribution in [0.4, 0.5) is 5.69 Å². The molecule has 31 heavy (non-hydrogen) atoms. The van der Waals surface area contributed by atoms with Crippen LogP contribution < -0.4 is 4.31 Å². The molecule has 5 heteroatoms. The minimum Gasteiger partial charge on any atom is -0.300 e. The Kier molecular flexibility index (Phi) is 5.54. The summed E-state index contributed by atoms with van der Waals surface area (Å²) in [5, 5.41) is 0. The molecule has 0 saturated carbocycles. The van der Waals surface area contributed by atoms with Crippen LogP contribution in [-0.2, 0) is 14.8 Å². The zero-order valence-corrected chi connectivity index (χ0v) is 18.7. The lowest BCUT2D eigenvalue weighted by Gasteiger charge is -2.35. The van der Waals surface area contributed by atoms with E-state index < -0.39 is 10.0 Å². The Morgan fingerprint density at radius 1 is 0.903 bits per heavy atom. The van der Waals surface area contributed by atoms with E-state index in [4.69, 9.17) is 0 Å². The average molecular weight is 432 g/mol. The maximum Gasteiger partial charge on any atom is 0.268 e. The number of aryl methyl sites for hydroxylation is 2. The average Bonchev–Trinajstić information content (AvgIpc) is 2.73. The van der Waals surface area contributed by atoms with Gasteiger partial charge in [0.25, 0.3) is 10.0 Å². The highest BCUT2D eigenvalue weighted by atomic mass is 32.2. The second kappa shape index (κ2) is 8.16. The number of hydrogen-bond donors (Lipinski definition) is 0. The molecule has 0 N–H and O–H groups in total. The SMILES string of the molecule is CC(=O)C[C@@H]1C=C(c2cccc(C)c2)N(S(=O)(=O)c2ccc(C)cc2)c2ccccc21. The van der Waals surface area contributed by atoms with Crippen molar-refractivity contribution in [3.63, 3.8) is 0 Å². The Labute approximate surface area is 183 Å². The Hall–Kier alpha value is -3.18. The van der Waals surface area contributed by atoms with E-state index in [-0.39, 0.29) is 16.6 Å². The quantitative estimate of drug-likeness (QED) is 0.527. The molecule has 1 heterocycles. The van der Waals surface area contributed by atoms with Crippen molar-refractivity contribution in [3.05, 3.63) is 101 Å². The Bertz CT molecular complexity index is 1270. The first-order chi connectivity index (χ1) is 14.8. The summed E-state index contributed by atoms with van der Waals surface area (Å²) >= 11 is 0. The van der Waals surface area contributed by atoms with Gasteiger partial charge in [0, 0.05) is 12.3 Å². The summed E-state index contributed by atoms with van der Waals surface area (Å²) in [6.45, 7) is 5.47. The number of para-hydroxylation sites is 1. The van der Waals surface area contributed by atoms with Crippen LogP contribution in [0.25, 0.3) is 5.70 Å². The summed E-state index contributed by atoms with van der Waals surface area (Å²) in [5.74, 6) is -0.122. The molecule has 3 aromatic carbocycles. The third kappa shape index (κ3) is 4.06. The van der Waals surface area contributed by atoms with Gasteiger partial charge in [0.2, 0.25) is 0 Å². The monoisotopic (exact) mass is 431 g/mol. The van der Waals surface area contributed by atoms with Crippen LogP contribution >= 0.6 is 0 Å². The fourth-order valence-electron chi connectivity index (χ4n) is 4.03. The molecule has 4 rings (SSSR count). The zero-order chi connectivity index (χ0) is 22.2. The Morgan fingerprint density at radius 2 is 1.61 bits per heavy atom. The van der Waals surface area contributed by atoms with Crippen molar-refractivity contribution in [2.75, 3.05) is 4.31 Å². The van der Waals surface area contributed by atoms with E-state index in [2.05, 4.69) is 0 Å². The molecule has 0 fully saturated rings. The van der Waals surface area contributed by atoms with Crippen molar-refractivity contribution in [1.29, 1.82) is 0 Å². The van der Waals surface area contributed by atoms with Gasteiger partial charge < -0.3 is 0 Å². The number of hydrogen-bond acceptors (Lipinski definition) is 3. The molecule has 0 amide bonds. The minimum atomic E-state index is -3.87. The second-order valence-corrected chi connectivity index (χ2v) is 9.86. The summed E-state index contributed by atoms with van der Waals surface area (Å²) in [7, 11) is -3.87. The maximum absolute atomic E-state index is 13.9. The van der Waals surface area contributed by atoms with Gasteiger partial charge in [-0.15, -0.1) is 0 Å². The summed E-state index contributed by atoms with van der Waals surface area (Å²) in [6, 6.07) is 22.1. The second-order valence-electron chi connectivity index (χ2n) is 8.08. The molecule has 158 valence electrons. The van der Waals surface area contributed by atoms with Crippen LogP contribution in [0.15, 0.2) is 83.8 Å². The Morgan fingerprint density at radius 3 is 2.29 bits per heavy atom. The third-order valence-corrected chi connectivity index (χ3v) is 7.26. The standard InChI is InChI=1S/C26H25NO3S/c1-18-11-13-23(14-12-18)31(29,30)27-25-10-5-4-9-24(25)22(16-20(3)28)17-26(27)21-8-6-7-19(2)15-21/h4-15,17,22H,16H2,1-3H3/t22-/m1/s1. The highest BCUT2D eigenvalue weighted by molar-refractivity contribution is 7.93. The molecule has 0 spiro atoms. The molecular weight excluding hydrogens is 406 g/mol. The molecule has 3 aromatic rings. The van der Waals surface area contributed by atoms with E-state index >= 15 is 0 Å². The van der Waals surface area contributed by atoms with Crippen molar-refractivity contribution < 1.29 is 13.2 Å². The molecule has 1 aliphatic rings. The smallest absolute Gasteiger partial charge is 0.268 e. The highest BCUT2D eigenvalue weighted by Gasteiger charge is 2.35. The topological polar surface area (TPSA) is 54.5 Å². The number of nitrogens with zero attached hydrogens (tertiary/aromatic N) is 1. The Balaban J connectivity index is 1.97. The lowest BCUT2D eigenvalue weighted by Crippen LogP contribution is -2.33. The predicted molar refractivity (Wildman–Crippen MR) is 124 cm³/mol. The minimum absolute atomic E-state index is 0.0643. The number of carbonyl (C=O) groups is 1. The van der Waals surface area contributed by atoms with Gasteiger partial charge >= 0.3 is 0 Å². The first-order valence-corrected chi connectivity index (χ1v) is 11.7. The predicted octanol–water partition coefficient (Wildman–Crippen LogP) is 5.62. The first kappa shape index (κ1) is 21.1. The van der Waals surface area contributed by atoms with Crippen LogP contribution in [0.2, 0.25) is 0 Å². The lowest BCUT2D eigenvalue weighted by molar-refractivity contribution is -0.117. The summed E-state index contributed by atoms with van der Waals surface area (Å²) in [4.78, 5) is 12.2. The number of anilines is 1. The molecule has 0 saturated heterocycles. The number of ketones is 1. The normalized spacial score (nSPS) is 15.9. The molecule has 0 radical (unpaired) electrons. The van der Waals surface area contributed by atoms with E-state index in [9.17, 15) is 13.2 Å². The lowest BCUT2D eigenvalue weighted by atomic mass is 9.88. The number of allylic oxidation sites excluding steroid dienone is 1. The molecule has 0 aliphatic carbocycles. The first-order valence-electron chi connectivity index (χ1n) is 10.3. The molecule has 1 atom stereocenters. The number of rotatable bonds is 5. The van der Waals surface area contributed by atoms with Crippen LogP contribution in [0.5, 0.6) is 0 Å². The van der Waals surface area contributed by atoms with Crippen molar-refractivity contribution in [1.82, 2.24) is 0 Å². The van der Waals surface area contributed by atoms with E-state index in [1.165, 1.54) is 4.31 Å². The van der Waals surface area contributed by atoms with Gasteiger partial charge in [-0.2, -0.15) is 0 Å². The van der Waals surface area contributed by atoms with Gasteiger partial charge in [-0.1, -0.05) is 65.7 Å². The fraction of sp³-hybridized carbons (Fsp3) is 0.192. The van der Waals surface area contributed by atoms with Gasteiger partial charge in [0.15, 0.2) is 0 Å². The van der Waals surface area contributed by atoms with Crippen LogP contribution in [0, 0.1) is 13.8 Å². The third-order valence-electron chi connectivity index (χ3n) is 5.51. The molecule has 1 aliphatic heterocycles.